The average Bonchev–Trinajstić information content (AvgIpc) is 2.80. The van der Waals surface area contributed by atoms with Crippen LogP contribution in [0.15, 0.2) is 48.8 Å². The molecule has 2 saturated heterocycles. The third-order valence-corrected chi connectivity index (χ3v) is 6.14. The van der Waals surface area contributed by atoms with Crippen molar-refractivity contribution in [2.24, 2.45) is 11.8 Å². The molecule has 166 valence electrons. The van der Waals surface area contributed by atoms with Gasteiger partial charge in [-0.25, -0.2) is 4.39 Å². The van der Waals surface area contributed by atoms with Crippen molar-refractivity contribution in [2.75, 3.05) is 45.9 Å². The van der Waals surface area contributed by atoms with Crippen molar-refractivity contribution in [3.8, 4) is 0 Å². The number of hydrogen-bond acceptors (Lipinski definition) is 5. The average molecular weight is 427 g/mol. The van der Waals surface area contributed by atoms with E-state index in [-0.39, 0.29) is 17.6 Å². The molecular formula is C24H31FN4O2. The maximum absolute atomic E-state index is 13.1. The van der Waals surface area contributed by atoms with E-state index in [1.54, 1.807) is 12.1 Å². The minimum Gasteiger partial charge on any atom is -0.379 e. The minimum atomic E-state index is -0.264. The molecule has 1 aromatic heterocycles. The first-order valence-electron chi connectivity index (χ1n) is 11.1. The highest BCUT2D eigenvalue weighted by Gasteiger charge is 2.32. The van der Waals surface area contributed by atoms with Crippen LogP contribution >= 0.6 is 0 Å². The second-order valence-corrected chi connectivity index (χ2v) is 8.61. The van der Waals surface area contributed by atoms with Gasteiger partial charge in [0, 0.05) is 58.2 Å². The number of halogens is 1. The second kappa shape index (κ2) is 10.8. The number of benzene rings is 1. The first-order chi connectivity index (χ1) is 15.2. The highest BCUT2D eigenvalue weighted by atomic mass is 19.1. The van der Waals surface area contributed by atoms with Crippen molar-refractivity contribution in [1.82, 2.24) is 20.1 Å². The molecule has 0 aliphatic carbocycles. The van der Waals surface area contributed by atoms with Gasteiger partial charge in [-0.05, 0) is 47.7 Å². The van der Waals surface area contributed by atoms with Crippen molar-refractivity contribution in [3.63, 3.8) is 0 Å². The summed E-state index contributed by atoms with van der Waals surface area (Å²) < 4.78 is 18.6. The van der Waals surface area contributed by atoms with Crippen LogP contribution < -0.4 is 5.32 Å². The van der Waals surface area contributed by atoms with Crippen molar-refractivity contribution < 1.29 is 13.9 Å². The molecule has 2 aromatic rings. The summed E-state index contributed by atoms with van der Waals surface area (Å²) in [5, 5.41) is 3.07. The quantitative estimate of drug-likeness (QED) is 0.736. The monoisotopic (exact) mass is 426 g/mol. The lowest BCUT2D eigenvalue weighted by Crippen LogP contribution is -2.49. The Morgan fingerprint density at radius 3 is 2.52 bits per heavy atom. The number of carbonyl (C=O) groups excluding carboxylic acids is 1. The number of nitrogens with zero attached hydrogens (tertiary/aromatic N) is 3. The summed E-state index contributed by atoms with van der Waals surface area (Å²) in [4.78, 5) is 22.0. The fourth-order valence-electron chi connectivity index (χ4n) is 4.59. The molecule has 2 fully saturated rings. The molecule has 31 heavy (non-hydrogen) atoms. The first kappa shape index (κ1) is 21.9. The van der Waals surface area contributed by atoms with Gasteiger partial charge < -0.3 is 10.1 Å². The van der Waals surface area contributed by atoms with Gasteiger partial charge in [0.1, 0.15) is 5.82 Å². The highest BCUT2D eigenvalue weighted by molar-refractivity contribution is 5.79. The summed E-state index contributed by atoms with van der Waals surface area (Å²) in [6, 6.07) is 10.4. The van der Waals surface area contributed by atoms with Gasteiger partial charge >= 0.3 is 0 Å². The van der Waals surface area contributed by atoms with Crippen LogP contribution in [0.3, 0.4) is 0 Å². The summed E-state index contributed by atoms with van der Waals surface area (Å²) in [5.41, 5.74) is 2.12. The Morgan fingerprint density at radius 1 is 1.03 bits per heavy atom. The van der Waals surface area contributed by atoms with Crippen molar-refractivity contribution in [1.29, 1.82) is 0 Å². The zero-order valence-electron chi connectivity index (χ0n) is 17.9. The fraction of sp³-hybridized carbons (Fsp3) is 0.500. The standard InChI is InChI=1S/C24H31FN4O2/c25-23-3-1-19(2-4-23)14-27-24(30)22-13-21(16-28-9-11-31-12-10-28)17-29(18-22)15-20-5-7-26-8-6-20/h1-8,21-22H,9-18H2,(H,27,30)/t21-,22-/m1/s1. The third kappa shape index (κ3) is 6.56. The van der Waals surface area contributed by atoms with Crippen LogP contribution in [0.1, 0.15) is 17.5 Å². The van der Waals surface area contributed by atoms with Crippen LogP contribution in [0, 0.1) is 17.7 Å². The number of rotatable bonds is 7. The Morgan fingerprint density at radius 2 is 1.77 bits per heavy atom. The lowest BCUT2D eigenvalue weighted by Gasteiger charge is -2.40. The second-order valence-electron chi connectivity index (χ2n) is 8.61. The van der Waals surface area contributed by atoms with Crippen molar-refractivity contribution in [3.05, 3.63) is 65.7 Å². The van der Waals surface area contributed by atoms with Crippen LogP contribution in [-0.4, -0.2) is 66.6 Å². The molecule has 1 N–H and O–H groups in total. The number of ether oxygens (including phenoxy) is 1. The van der Waals surface area contributed by atoms with Gasteiger partial charge in [-0.1, -0.05) is 12.1 Å². The Kier molecular flexibility index (Phi) is 7.61. The third-order valence-electron chi connectivity index (χ3n) is 6.14. The predicted octanol–water partition coefficient (Wildman–Crippen LogP) is 2.31. The smallest absolute Gasteiger partial charge is 0.224 e. The molecule has 2 atom stereocenters. The number of hydrogen-bond donors (Lipinski definition) is 1. The van der Waals surface area contributed by atoms with E-state index in [9.17, 15) is 9.18 Å². The molecule has 1 amide bonds. The topological polar surface area (TPSA) is 57.7 Å². The Hall–Kier alpha value is -2.35. The zero-order valence-corrected chi connectivity index (χ0v) is 17.9. The van der Waals surface area contributed by atoms with Gasteiger partial charge in [-0.2, -0.15) is 0 Å². The molecule has 0 radical (unpaired) electrons. The Balaban J connectivity index is 1.38. The zero-order chi connectivity index (χ0) is 21.5. The van der Waals surface area contributed by atoms with E-state index in [4.69, 9.17) is 4.74 Å². The lowest BCUT2D eigenvalue weighted by molar-refractivity contribution is -0.128. The maximum atomic E-state index is 13.1. The number of aromatic nitrogens is 1. The number of morpholine rings is 1. The number of piperidine rings is 1. The first-order valence-corrected chi connectivity index (χ1v) is 11.1. The lowest BCUT2D eigenvalue weighted by atomic mass is 9.87. The number of nitrogens with one attached hydrogen (secondary N) is 1. The van der Waals surface area contributed by atoms with E-state index < -0.39 is 0 Å². The van der Waals surface area contributed by atoms with E-state index in [0.717, 1.165) is 64.5 Å². The van der Waals surface area contributed by atoms with Crippen LogP contribution in [0.5, 0.6) is 0 Å². The van der Waals surface area contributed by atoms with Crippen LogP contribution in [0.25, 0.3) is 0 Å². The van der Waals surface area contributed by atoms with Gasteiger partial charge in [0.2, 0.25) is 5.91 Å². The number of likely N-dealkylation sites (tertiary alicyclic amines) is 1. The minimum absolute atomic E-state index is 0.0536. The van der Waals surface area contributed by atoms with Gasteiger partial charge in [-0.15, -0.1) is 0 Å². The molecule has 7 heteroatoms. The highest BCUT2D eigenvalue weighted by Crippen LogP contribution is 2.25. The molecule has 6 nitrogen and oxygen atoms in total. The molecule has 2 aliphatic rings. The van der Waals surface area contributed by atoms with E-state index >= 15 is 0 Å². The van der Waals surface area contributed by atoms with Gasteiger partial charge in [0.15, 0.2) is 0 Å². The summed E-state index contributed by atoms with van der Waals surface area (Å²) in [7, 11) is 0. The molecule has 4 rings (SSSR count). The van der Waals surface area contributed by atoms with Gasteiger partial charge in [0.05, 0.1) is 19.1 Å². The van der Waals surface area contributed by atoms with Crippen LogP contribution in [0.4, 0.5) is 4.39 Å². The summed E-state index contributed by atoms with van der Waals surface area (Å²) >= 11 is 0. The molecule has 2 aliphatic heterocycles. The van der Waals surface area contributed by atoms with E-state index in [1.165, 1.54) is 17.7 Å². The molecule has 3 heterocycles. The van der Waals surface area contributed by atoms with Crippen molar-refractivity contribution >= 4 is 5.91 Å². The Labute approximate surface area is 183 Å². The molecule has 0 bridgehead atoms. The summed E-state index contributed by atoms with van der Waals surface area (Å²) in [6.45, 7) is 7.48. The molecule has 0 spiro atoms. The summed E-state index contributed by atoms with van der Waals surface area (Å²) in [5.74, 6) is 0.202. The number of amides is 1. The summed E-state index contributed by atoms with van der Waals surface area (Å²) in [6.07, 6.45) is 4.52. The number of carbonyl (C=O) groups is 1. The Bertz CT molecular complexity index is 827. The maximum Gasteiger partial charge on any atom is 0.224 e. The fourth-order valence-corrected chi connectivity index (χ4v) is 4.59. The molecule has 0 saturated carbocycles. The van der Waals surface area contributed by atoms with E-state index in [0.29, 0.717) is 12.5 Å². The molecular weight excluding hydrogens is 395 g/mol. The SMILES string of the molecule is O=C(NCc1ccc(F)cc1)[C@@H]1C[C@H](CN2CCOCC2)CN(Cc2ccncc2)C1. The van der Waals surface area contributed by atoms with E-state index in [1.807, 2.05) is 24.5 Å². The normalized spacial score (nSPS) is 22.9. The van der Waals surface area contributed by atoms with Crippen molar-refractivity contribution in [2.45, 2.75) is 19.5 Å². The molecule has 1 aromatic carbocycles. The largest absolute Gasteiger partial charge is 0.379 e. The van der Waals surface area contributed by atoms with Crippen LogP contribution in [0.2, 0.25) is 0 Å². The van der Waals surface area contributed by atoms with Crippen LogP contribution in [-0.2, 0) is 22.6 Å². The van der Waals surface area contributed by atoms with E-state index in [2.05, 4.69) is 20.1 Å². The molecule has 0 unspecified atom stereocenters. The predicted molar refractivity (Wildman–Crippen MR) is 117 cm³/mol. The van der Waals surface area contributed by atoms with Gasteiger partial charge in [-0.3, -0.25) is 19.6 Å². The van der Waals surface area contributed by atoms with Gasteiger partial charge in [0.25, 0.3) is 0 Å². The number of pyridine rings is 1.